The molecule has 5 nitrogen and oxygen atoms in total. The number of amides is 1. The van der Waals surface area contributed by atoms with Gasteiger partial charge >= 0.3 is 6.09 Å². The van der Waals surface area contributed by atoms with Crippen LogP contribution in [0.3, 0.4) is 0 Å². The van der Waals surface area contributed by atoms with Crippen LogP contribution >= 0.6 is 0 Å². The monoisotopic (exact) mass is 419 g/mol. The smallest absolute Gasteiger partial charge is 0.410 e. The maximum Gasteiger partial charge on any atom is 0.410 e. The van der Waals surface area contributed by atoms with Crippen LogP contribution in [-0.2, 0) is 14.3 Å². The van der Waals surface area contributed by atoms with Crippen LogP contribution in [0.2, 0.25) is 0 Å². The van der Waals surface area contributed by atoms with E-state index in [1.54, 1.807) is 0 Å². The van der Waals surface area contributed by atoms with E-state index in [0.717, 1.165) is 6.42 Å². The largest absolute Gasteiger partial charge is 0.448 e. The van der Waals surface area contributed by atoms with Crippen molar-refractivity contribution >= 4 is 11.9 Å². The van der Waals surface area contributed by atoms with E-state index in [1.165, 1.54) is 22.3 Å². The molecule has 0 spiro atoms. The summed E-state index contributed by atoms with van der Waals surface area (Å²) in [5.41, 5.74) is 4.87. The highest BCUT2D eigenvalue weighted by atomic mass is 16.6. The van der Waals surface area contributed by atoms with Gasteiger partial charge < -0.3 is 9.47 Å². The van der Waals surface area contributed by atoms with Gasteiger partial charge in [-0.1, -0.05) is 55.5 Å². The molecule has 2 aliphatic heterocycles. The highest BCUT2D eigenvalue weighted by molar-refractivity contribution is 5.82. The summed E-state index contributed by atoms with van der Waals surface area (Å²) >= 11 is 0. The van der Waals surface area contributed by atoms with Gasteiger partial charge in [-0.25, -0.2) is 4.79 Å². The summed E-state index contributed by atoms with van der Waals surface area (Å²) in [5, 5.41) is 0. The molecule has 1 aliphatic carbocycles. The summed E-state index contributed by atoms with van der Waals surface area (Å²) in [7, 11) is 0. The summed E-state index contributed by atoms with van der Waals surface area (Å²) in [6.07, 6.45) is 2.58. The summed E-state index contributed by atoms with van der Waals surface area (Å²) in [4.78, 5) is 27.5. The van der Waals surface area contributed by atoms with Crippen LogP contribution in [0.1, 0.15) is 49.7 Å². The molecule has 5 heteroatoms. The van der Waals surface area contributed by atoms with Crippen molar-refractivity contribution in [1.82, 2.24) is 4.90 Å². The Morgan fingerprint density at radius 2 is 1.55 bits per heavy atom. The van der Waals surface area contributed by atoms with Gasteiger partial charge in [0.25, 0.3) is 0 Å². The lowest BCUT2D eigenvalue weighted by Gasteiger charge is -2.47. The van der Waals surface area contributed by atoms with E-state index in [2.05, 4.69) is 36.4 Å². The first-order valence-electron chi connectivity index (χ1n) is 11.4. The maximum absolute atomic E-state index is 13.2. The van der Waals surface area contributed by atoms with E-state index >= 15 is 0 Å². The molecule has 5 rings (SSSR count). The van der Waals surface area contributed by atoms with Crippen molar-refractivity contribution in [3.63, 3.8) is 0 Å². The molecule has 2 saturated heterocycles. The van der Waals surface area contributed by atoms with Crippen LogP contribution in [0.4, 0.5) is 4.79 Å². The average Bonchev–Trinajstić information content (AvgIpc) is 3.10. The molecule has 2 bridgehead atoms. The van der Waals surface area contributed by atoms with Gasteiger partial charge in [-0.3, -0.25) is 9.69 Å². The Bertz CT molecular complexity index is 927. The zero-order valence-electron chi connectivity index (χ0n) is 18.0. The lowest BCUT2D eigenvalue weighted by atomic mass is 9.81. The fourth-order valence-electron chi connectivity index (χ4n) is 5.60. The van der Waals surface area contributed by atoms with Crippen LogP contribution in [0.15, 0.2) is 48.5 Å². The molecule has 31 heavy (non-hydrogen) atoms. The van der Waals surface area contributed by atoms with E-state index < -0.39 is 0 Å². The lowest BCUT2D eigenvalue weighted by molar-refractivity contribution is -0.131. The molecular formula is C26H29NO4. The van der Waals surface area contributed by atoms with Crippen molar-refractivity contribution in [2.75, 3.05) is 19.8 Å². The van der Waals surface area contributed by atoms with Crippen LogP contribution in [0.25, 0.3) is 11.1 Å². The molecule has 0 saturated carbocycles. The fourth-order valence-corrected chi connectivity index (χ4v) is 5.60. The van der Waals surface area contributed by atoms with E-state index in [0.29, 0.717) is 44.9 Å². The summed E-state index contributed by atoms with van der Waals surface area (Å²) in [5.74, 6) is 0.416. The number of piperidine rings is 1. The second kappa shape index (κ2) is 8.46. The molecule has 2 aromatic rings. The molecule has 2 atom stereocenters. The molecule has 162 valence electrons. The molecule has 2 unspecified atom stereocenters. The topological polar surface area (TPSA) is 55.8 Å². The van der Waals surface area contributed by atoms with Crippen molar-refractivity contribution in [1.29, 1.82) is 0 Å². The minimum absolute atomic E-state index is 0.0384. The first-order chi connectivity index (χ1) is 15.2. The Kier molecular flexibility index (Phi) is 5.53. The average molecular weight is 420 g/mol. The number of ketones is 1. The number of carbonyl (C=O) groups excluding carboxylic acids is 2. The highest BCUT2D eigenvalue weighted by Gasteiger charge is 2.44. The molecule has 3 aliphatic rings. The van der Waals surface area contributed by atoms with Gasteiger partial charge in [0.2, 0.25) is 0 Å². The van der Waals surface area contributed by atoms with Crippen molar-refractivity contribution < 1.29 is 19.1 Å². The number of rotatable bonds is 5. The van der Waals surface area contributed by atoms with E-state index in [1.807, 2.05) is 24.0 Å². The Hall–Kier alpha value is -2.66. The van der Waals surface area contributed by atoms with Gasteiger partial charge in [-0.05, 0) is 41.5 Å². The third-order valence-electron chi connectivity index (χ3n) is 7.02. The number of hydrogen-bond acceptors (Lipinski definition) is 4. The van der Waals surface area contributed by atoms with Gasteiger partial charge in [0.1, 0.15) is 12.4 Å². The first-order valence-corrected chi connectivity index (χ1v) is 11.4. The zero-order chi connectivity index (χ0) is 21.4. The van der Waals surface area contributed by atoms with E-state index in [-0.39, 0.29) is 30.0 Å². The van der Waals surface area contributed by atoms with Gasteiger partial charge in [-0.15, -0.1) is 0 Å². The van der Waals surface area contributed by atoms with Crippen LogP contribution < -0.4 is 0 Å². The standard InChI is InChI=1S/C26H29NO4/c1-2-7-25(28)17-12-18-14-30-15-19(13-17)27(18)26(29)31-16-24-22-10-5-3-8-20(22)21-9-4-6-11-23(21)24/h3-6,8-11,17-19,24H,2,7,12-16H2,1H3. The predicted molar refractivity (Wildman–Crippen MR) is 118 cm³/mol. The van der Waals surface area contributed by atoms with E-state index in [9.17, 15) is 9.59 Å². The minimum Gasteiger partial charge on any atom is -0.448 e. The second-order valence-electron chi connectivity index (χ2n) is 8.94. The normalized spacial score (nSPS) is 24.4. The molecule has 0 aromatic heterocycles. The number of benzene rings is 2. The molecule has 2 fully saturated rings. The number of hydrogen-bond donors (Lipinski definition) is 0. The molecule has 0 N–H and O–H groups in total. The third kappa shape index (κ3) is 3.65. The Balaban J connectivity index is 1.30. The number of fused-ring (bicyclic) bond motifs is 5. The minimum atomic E-state index is -0.276. The molecule has 2 aromatic carbocycles. The lowest BCUT2D eigenvalue weighted by Crippen LogP contribution is -2.60. The van der Waals surface area contributed by atoms with Crippen molar-refractivity contribution in [3.8, 4) is 11.1 Å². The van der Waals surface area contributed by atoms with Crippen molar-refractivity contribution in [2.45, 2.75) is 50.6 Å². The Morgan fingerprint density at radius 1 is 0.968 bits per heavy atom. The van der Waals surface area contributed by atoms with Crippen LogP contribution in [0, 0.1) is 5.92 Å². The summed E-state index contributed by atoms with van der Waals surface area (Å²) in [6.45, 7) is 3.32. The van der Waals surface area contributed by atoms with E-state index in [4.69, 9.17) is 9.47 Å². The van der Waals surface area contributed by atoms with Gasteiger partial charge in [0.15, 0.2) is 0 Å². The third-order valence-corrected chi connectivity index (χ3v) is 7.02. The second-order valence-corrected chi connectivity index (χ2v) is 8.94. The fraction of sp³-hybridized carbons (Fsp3) is 0.462. The molecular weight excluding hydrogens is 390 g/mol. The van der Waals surface area contributed by atoms with Crippen molar-refractivity contribution in [2.24, 2.45) is 5.92 Å². The van der Waals surface area contributed by atoms with Gasteiger partial charge in [0, 0.05) is 18.3 Å². The summed E-state index contributed by atoms with van der Waals surface area (Å²) < 4.78 is 11.6. The Morgan fingerprint density at radius 3 is 2.13 bits per heavy atom. The van der Waals surface area contributed by atoms with Crippen molar-refractivity contribution in [3.05, 3.63) is 59.7 Å². The molecule has 0 radical (unpaired) electrons. The number of carbonyl (C=O) groups is 2. The predicted octanol–water partition coefficient (Wildman–Crippen LogP) is 4.78. The number of nitrogens with zero attached hydrogens (tertiary/aromatic N) is 1. The van der Waals surface area contributed by atoms with Crippen LogP contribution in [0.5, 0.6) is 0 Å². The number of morpholine rings is 1. The molecule has 1 amide bonds. The number of ether oxygens (including phenoxy) is 2. The SMILES string of the molecule is CCCC(=O)C1CC2COCC(C1)N2C(=O)OCC1c2ccccc2-c2ccccc21. The van der Waals surface area contributed by atoms with Gasteiger partial charge in [0.05, 0.1) is 25.3 Å². The maximum atomic E-state index is 13.2. The molecule has 2 heterocycles. The summed E-state index contributed by atoms with van der Waals surface area (Å²) in [6, 6.07) is 16.6. The zero-order valence-corrected chi connectivity index (χ0v) is 18.0. The van der Waals surface area contributed by atoms with Crippen LogP contribution in [-0.4, -0.2) is 48.7 Å². The highest BCUT2D eigenvalue weighted by Crippen LogP contribution is 2.44. The first kappa shape index (κ1) is 20.3. The quantitative estimate of drug-likeness (QED) is 0.700. The number of Topliss-reactive ketones (excluding diaryl/α,β-unsaturated/α-hetero) is 1. The van der Waals surface area contributed by atoms with Gasteiger partial charge in [-0.2, -0.15) is 0 Å². The Labute approximate surface area is 183 Å².